The second-order valence-electron chi connectivity index (χ2n) is 8.88. The summed E-state index contributed by atoms with van der Waals surface area (Å²) in [6, 6.07) is 0. The lowest BCUT2D eigenvalue weighted by Crippen LogP contribution is -2.19. The lowest BCUT2D eigenvalue weighted by Gasteiger charge is -2.10. The Hall–Kier alpha value is -0.160. The van der Waals surface area contributed by atoms with Crippen LogP contribution in [0.15, 0.2) is 0 Å². The summed E-state index contributed by atoms with van der Waals surface area (Å²) in [7, 11) is -4.04. The molecule has 0 amide bonds. The van der Waals surface area contributed by atoms with Gasteiger partial charge in [0.25, 0.3) is 10.1 Å². The van der Waals surface area contributed by atoms with Gasteiger partial charge in [-0.2, -0.15) is 8.42 Å². The van der Waals surface area contributed by atoms with Crippen LogP contribution in [-0.2, 0) is 14.3 Å². The molecular weight excluding hydrogens is 399 g/mol. The van der Waals surface area contributed by atoms with Gasteiger partial charge in [-0.15, -0.1) is 0 Å². The summed E-state index contributed by atoms with van der Waals surface area (Å²) in [6.45, 7) is 4.50. The highest BCUT2D eigenvalue weighted by Gasteiger charge is 2.25. The monoisotopic (exact) mass is 450 g/mol. The van der Waals surface area contributed by atoms with E-state index in [1.807, 2.05) is 0 Å². The molecule has 0 aliphatic heterocycles. The third-order valence-corrected chi connectivity index (χ3v) is 7.20. The van der Waals surface area contributed by atoms with E-state index in [0.29, 0.717) is 12.8 Å². The van der Waals surface area contributed by atoms with Crippen molar-refractivity contribution < 1.29 is 17.0 Å². The molecule has 0 spiro atoms. The zero-order valence-electron chi connectivity index (χ0n) is 20.1. The summed E-state index contributed by atoms with van der Waals surface area (Å²) in [5, 5.41) is 0. The topological polar surface area (TPSA) is 43.4 Å². The highest BCUT2D eigenvalue weighted by Crippen LogP contribution is 2.17. The zero-order chi connectivity index (χ0) is 22.3. The predicted molar refractivity (Wildman–Crippen MR) is 128 cm³/mol. The van der Waals surface area contributed by atoms with Crippen LogP contribution < -0.4 is 0 Å². The number of alkyl halides is 1. The van der Waals surface area contributed by atoms with Gasteiger partial charge in [-0.3, -0.25) is 4.18 Å². The van der Waals surface area contributed by atoms with Gasteiger partial charge in [0.05, 0.1) is 6.61 Å². The minimum atomic E-state index is -4.04. The van der Waals surface area contributed by atoms with Crippen LogP contribution in [-0.4, -0.2) is 20.5 Å². The third kappa shape index (κ3) is 19.8. The van der Waals surface area contributed by atoms with Crippen molar-refractivity contribution in [2.24, 2.45) is 0 Å². The molecule has 0 saturated carbocycles. The minimum Gasteiger partial charge on any atom is -0.268 e. The highest BCUT2D eigenvalue weighted by molar-refractivity contribution is 7.87. The van der Waals surface area contributed by atoms with E-state index in [4.69, 9.17) is 4.18 Å². The molecule has 0 fully saturated rings. The molecule has 1 atom stereocenters. The number of hydrogen-bond acceptors (Lipinski definition) is 3. The Morgan fingerprint density at radius 1 is 0.567 bits per heavy atom. The molecule has 0 N–H and O–H groups in total. The fourth-order valence-corrected chi connectivity index (χ4v) is 4.73. The SMILES string of the molecule is CCCCCCCCCCCCCCCCCOS(=O)(=O)C(F)CCCCCCC. The maximum absolute atomic E-state index is 13.9. The summed E-state index contributed by atoms with van der Waals surface area (Å²) in [4.78, 5) is 0. The molecular formula is C25H51FO3S. The van der Waals surface area contributed by atoms with Crippen LogP contribution in [0.1, 0.15) is 149 Å². The van der Waals surface area contributed by atoms with Crippen LogP contribution in [0.5, 0.6) is 0 Å². The molecule has 30 heavy (non-hydrogen) atoms. The number of rotatable bonds is 24. The number of halogens is 1. The normalized spacial score (nSPS) is 13.0. The maximum Gasteiger partial charge on any atom is 0.299 e. The molecule has 0 rings (SSSR count). The number of hydrogen-bond donors (Lipinski definition) is 0. The van der Waals surface area contributed by atoms with Crippen molar-refractivity contribution in [2.45, 2.75) is 154 Å². The van der Waals surface area contributed by atoms with Gasteiger partial charge in [-0.05, 0) is 19.3 Å². The fourth-order valence-electron chi connectivity index (χ4n) is 3.78. The summed E-state index contributed by atoms with van der Waals surface area (Å²) in [5.41, 5.74) is -1.87. The molecule has 0 radical (unpaired) electrons. The first-order chi connectivity index (χ1) is 14.5. The standard InChI is InChI=1S/C25H51FO3S/c1-3-5-7-9-10-11-12-13-14-15-16-17-18-20-22-24-29-30(27,28)25(26)23-21-19-8-6-4-2/h25H,3-24H2,1-2H3. The Morgan fingerprint density at radius 3 is 1.30 bits per heavy atom. The molecule has 0 aromatic rings. The Morgan fingerprint density at radius 2 is 0.900 bits per heavy atom. The van der Waals surface area contributed by atoms with Gasteiger partial charge >= 0.3 is 0 Å². The smallest absolute Gasteiger partial charge is 0.268 e. The first kappa shape index (κ1) is 29.8. The van der Waals surface area contributed by atoms with Crippen molar-refractivity contribution >= 4 is 10.1 Å². The molecule has 0 aliphatic carbocycles. The quantitative estimate of drug-likeness (QED) is 0.109. The van der Waals surface area contributed by atoms with E-state index in [1.165, 1.54) is 77.0 Å². The third-order valence-electron chi connectivity index (χ3n) is 5.84. The van der Waals surface area contributed by atoms with Crippen molar-refractivity contribution in [1.29, 1.82) is 0 Å². The van der Waals surface area contributed by atoms with E-state index in [-0.39, 0.29) is 13.0 Å². The maximum atomic E-state index is 13.9. The van der Waals surface area contributed by atoms with E-state index in [0.717, 1.165) is 38.5 Å². The average Bonchev–Trinajstić information content (AvgIpc) is 2.73. The molecule has 0 heterocycles. The molecule has 0 aliphatic rings. The van der Waals surface area contributed by atoms with Gasteiger partial charge in [-0.25, -0.2) is 4.39 Å². The molecule has 182 valence electrons. The Bertz CT molecular complexity index is 440. The van der Waals surface area contributed by atoms with Gasteiger partial charge in [0.15, 0.2) is 0 Å². The second-order valence-corrected chi connectivity index (χ2v) is 10.6. The van der Waals surface area contributed by atoms with E-state index >= 15 is 0 Å². The van der Waals surface area contributed by atoms with E-state index in [2.05, 4.69) is 13.8 Å². The molecule has 1 unspecified atom stereocenters. The molecule has 0 aromatic carbocycles. The van der Waals surface area contributed by atoms with Gasteiger partial charge in [-0.1, -0.05) is 129 Å². The average molecular weight is 451 g/mol. The largest absolute Gasteiger partial charge is 0.299 e. The van der Waals surface area contributed by atoms with Gasteiger partial charge in [0.2, 0.25) is 5.50 Å². The van der Waals surface area contributed by atoms with E-state index in [9.17, 15) is 12.8 Å². The van der Waals surface area contributed by atoms with Gasteiger partial charge < -0.3 is 0 Å². The van der Waals surface area contributed by atoms with E-state index in [1.54, 1.807) is 0 Å². The molecule has 3 nitrogen and oxygen atoms in total. The Kier molecular flexibility index (Phi) is 21.9. The predicted octanol–water partition coefficient (Wildman–Crippen LogP) is 8.86. The lowest BCUT2D eigenvalue weighted by atomic mass is 10.0. The Labute approximate surface area is 188 Å². The fraction of sp³-hybridized carbons (Fsp3) is 1.00. The number of unbranched alkanes of at least 4 members (excludes halogenated alkanes) is 18. The van der Waals surface area contributed by atoms with Crippen LogP contribution in [0.3, 0.4) is 0 Å². The van der Waals surface area contributed by atoms with Crippen LogP contribution >= 0.6 is 0 Å². The summed E-state index contributed by atoms with van der Waals surface area (Å²) < 4.78 is 42.4. The van der Waals surface area contributed by atoms with Gasteiger partial charge in [0.1, 0.15) is 0 Å². The second kappa shape index (κ2) is 22.0. The minimum absolute atomic E-state index is 0.0604. The van der Waals surface area contributed by atoms with Gasteiger partial charge in [0, 0.05) is 0 Å². The Balaban J connectivity index is 3.39. The summed E-state index contributed by atoms with van der Waals surface area (Å²) in [6.07, 6.45) is 23.8. The first-order valence-corrected chi connectivity index (χ1v) is 14.5. The molecule has 5 heteroatoms. The first-order valence-electron chi connectivity index (χ1n) is 13.1. The highest BCUT2D eigenvalue weighted by atomic mass is 32.2. The van der Waals surface area contributed by atoms with Crippen molar-refractivity contribution in [1.82, 2.24) is 0 Å². The summed E-state index contributed by atoms with van der Waals surface area (Å²) in [5.74, 6) is 0. The van der Waals surface area contributed by atoms with E-state index < -0.39 is 15.6 Å². The lowest BCUT2D eigenvalue weighted by molar-refractivity contribution is 0.270. The molecule has 0 bridgehead atoms. The zero-order valence-corrected chi connectivity index (χ0v) is 21.0. The molecule has 0 aromatic heterocycles. The van der Waals surface area contributed by atoms with Crippen LogP contribution in [0.4, 0.5) is 4.39 Å². The van der Waals surface area contributed by atoms with Crippen LogP contribution in [0.25, 0.3) is 0 Å². The molecule has 0 saturated heterocycles. The van der Waals surface area contributed by atoms with Crippen LogP contribution in [0, 0.1) is 0 Å². The van der Waals surface area contributed by atoms with Crippen molar-refractivity contribution in [3.8, 4) is 0 Å². The summed E-state index contributed by atoms with van der Waals surface area (Å²) >= 11 is 0. The van der Waals surface area contributed by atoms with Crippen LogP contribution in [0.2, 0.25) is 0 Å². The van der Waals surface area contributed by atoms with Crippen molar-refractivity contribution in [2.75, 3.05) is 6.61 Å². The van der Waals surface area contributed by atoms with Crippen molar-refractivity contribution in [3.63, 3.8) is 0 Å². The van der Waals surface area contributed by atoms with Crippen molar-refractivity contribution in [3.05, 3.63) is 0 Å².